The summed E-state index contributed by atoms with van der Waals surface area (Å²) in [6.45, 7) is 1.86. The average Bonchev–Trinajstić information content (AvgIpc) is 2.75. The number of nitrogens with one attached hydrogen (secondary N) is 2. The number of phenols is 1. The average molecular weight is 403 g/mol. The fourth-order valence-electron chi connectivity index (χ4n) is 2.75. The molecule has 0 aliphatic rings. The number of aromatic hydroxyl groups is 1. The third-order valence-corrected chi connectivity index (χ3v) is 4.38. The predicted octanol–water partition coefficient (Wildman–Crippen LogP) is 3.73. The number of carbonyl (C=O) groups excluding carboxylic acids is 2. The van der Waals surface area contributed by atoms with Gasteiger partial charge in [0.15, 0.2) is 0 Å². The van der Waals surface area contributed by atoms with Crippen molar-refractivity contribution in [3.05, 3.63) is 89.0 Å². The van der Waals surface area contributed by atoms with Crippen molar-refractivity contribution < 1.29 is 19.4 Å². The van der Waals surface area contributed by atoms with Gasteiger partial charge < -0.3 is 15.2 Å². The van der Waals surface area contributed by atoms with Crippen LogP contribution in [0.15, 0.2) is 71.8 Å². The van der Waals surface area contributed by atoms with Gasteiger partial charge in [0.05, 0.1) is 13.3 Å². The number of benzene rings is 3. The first-order valence-electron chi connectivity index (χ1n) is 9.15. The van der Waals surface area contributed by atoms with E-state index in [-0.39, 0.29) is 11.7 Å². The molecule has 0 atom stereocenters. The highest BCUT2D eigenvalue weighted by Gasteiger charge is 2.10. The minimum absolute atomic E-state index is 0.00899. The van der Waals surface area contributed by atoms with E-state index in [1.165, 1.54) is 19.4 Å². The number of rotatable bonds is 6. The molecule has 0 bridgehead atoms. The molecule has 30 heavy (non-hydrogen) atoms. The number of hydrazone groups is 1. The molecule has 0 unspecified atom stereocenters. The Labute approximate surface area is 174 Å². The number of amides is 2. The molecule has 7 nitrogen and oxygen atoms in total. The highest BCUT2D eigenvalue weighted by atomic mass is 16.5. The Morgan fingerprint density at radius 1 is 1.00 bits per heavy atom. The number of aryl methyl sites for hydroxylation is 1. The van der Waals surface area contributed by atoms with E-state index in [1.54, 1.807) is 48.5 Å². The van der Waals surface area contributed by atoms with Gasteiger partial charge in [0.1, 0.15) is 11.5 Å². The molecule has 152 valence electrons. The van der Waals surface area contributed by atoms with Crippen LogP contribution >= 0.6 is 0 Å². The number of nitrogens with zero attached hydrogens (tertiary/aromatic N) is 1. The van der Waals surface area contributed by atoms with E-state index in [0.29, 0.717) is 28.1 Å². The maximum Gasteiger partial charge on any atom is 0.271 e. The highest BCUT2D eigenvalue weighted by Crippen LogP contribution is 2.21. The van der Waals surface area contributed by atoms with Crippen molar-refractivity contribution in [2.75, 3.05) is 12.4 Å². The summed E-state index contributed by atoms with van der Waals surface area (Å²) in [6.07, 6.45) is 1.32. The van der Waals surface area contributed by atoms with E-state index in [4.69, 9.17) is 4.74 Å². The lowest BCUT2D eigenvalue weighted by Crippen LogP contribution is -2.18. The van der Waals surface area contributed by atoms with Crippen molar-refractivity contribution >= 4 is 23.7 Å². The van der Waals surface area contributed by atoms with E-state index in [0.717, 1.165) is 5.56 Å². The van der Waals surface area contributed by atoms with Crippen LogP contribution in [0.2, 0.25) is 0 Å². The van der Waals surface area contributed by atoms with Gasteiger partial charge in [0.25, 0.3) is 11.8 Å². The molecule has 0 aromatic heterocycles. The van der Waals surface area contributed by atoms with Crippen LogP contribution in [0.4, 0.5) is 5.69 Å². The number of carbonyl (C=O) groups is 2. The van der Waals surface area contributed by atoms with Crippen LogP contribution in [-0.2, 0) is 0 Å². The van der Waals surface area contributed by atoms with Crippen LogP contribution in [0.1, 0.15) is 31.8 Å². The highest BCUT2D eigenvalue weighted by molar-refractivity contribution is 6.06. The fourth-order valence-corrected chi connectivity index (χ4v) is 2.75. The minimum atomic E-state index is -0.458. The molecule has 7 heteroatoms. The third-order valence-electron chi connectivity index (χ3n) is 4.38. The lowest BCUT2D eigenvalue weighted by Gasteiger charge is -2.09. The lowest BCUT2D eigenvalue weighted by molar-refractivity contribution is 0.0953. The summed E-state index contributed by atoms with van der Waals surface area (Å²) in [5.74, 6) is -0.148. The molecule has 2 amide bonds. The van der Waals surface area contributed by atoms with E-state index in [2.05, 4.69) is 15.8 Å². The molecular weight excluding hydrogens is 382 g/mol. The van der Waals surface area contributed by atoms with Crippen LogP contribution in [-0.4, -0.2) is 30.2 Å². The third kappa shape index (κ3) is 5.02. The van der Waals surface area contributed by atoms with Gasteiger partial charge in [-0.1, -0.05) is 24.3 Å². The Morgan fingerprint density at radius 2 is 1.80 bits per heavy atom. The van der Waals surface area contributed by atoms with Crippen LogP contribution in [0.3, 0.4) is 0 Å². The van der Waals surface area contributed by atoms with Crippen molar-refractivity contribution in [3.63, 3.8) is 0 Å². The zero-order valence-corrected chi connectivity index (χ0v) is 16.5. The molecule has 0 spiro atoms. The fraction of sp³-hybridized carbons (Fsp3) is 0.0870. The molecular formula is C23H21N3O4. The van der Waals surface area contributed by atoms with Crippen molar-refractivity contribution in [2.24, 2.45) is 5.10 Å². The zero-order chi connectivity index (χ0) is 21.5. The number of hydrogen-bond donors (Lipinski definition) is 3. The second kappa shape index (κ2) is 9.38. The van der Waals surface area contributed by atoms with E-state index >= 15 is 0 Å². The number of methoxy groups -OCH3 is 1. The van der Waals surface area contributed by atoms with Gasteiger partial charge in [-0.15, -0.1) is 0 Å². The topological polar surface area (TPSA) is 100 Å². The van der Waals surface area contributed by atoms with Crippen LogP contribution in [0.5, 0.6) is 11.5 Å². The summed E-state index contributed by atoms with van der Waals surface area (Å²) in [4.78, 5) is 24.8. The van der Waals surface area contributed by atoms with Crippen molar-refractivity contribution in [3.8, 4) is 11.5 Å². The molecule has 0 aliphatic heterocycles. The van der Waals surface area contributed by atoms with Crippen molar-refractivity contribution in [1.29, 1.82) is 0 Å². The predicted molar refractivity (Wildman–Crippen MR) is 115 cm³/mol. The molecule has 0 saturated carbocycles. The Hall–Kier alpha value is -4.13. The SMILES string of the molecule is COc1ccc(O)c(/C=N/NC(=O)c2cccc(NC(=O)c3ccccc3C)c2)c1. The Morgan fingerprint density at radius 3 is 2.57 bits per heavy atom. The molecule has 0 aliphatic carbocycles. The van der Waals surface area contributed by atoms with E-state index in [9.17, 15) is 14.7 Å². The number of hydrogen-bond acceptors (Lipinski definition) is 5. The summed E-state index contributed by atoms with van der Waals surface area (Å²) in [6, 6.07) is 18.5. The zero-order valence-electron chi connectivity index (χ0n) is 16.5. The Kier molecular flexibility index (Phi) is 6.44. The molecule has 3 N–H and O–H groups in total. The summed E-state index contributed by atoms with van der Waals surface area (Å²) in [7, 11) is 1.51. The number of ether oxygens (including phenoxy) is 1. The Bertz CT molecular complexity index is 1110. The van der Waals surface area contributed by atoms with Gasteiger partial charge in [-0.2, -0.15) is 5.10 Å². The monoisotopic (exact) mass is 403 g/mol. The molecule has 0 fully saturated rings. The maximum atomic E-state index is 12.5. The first kappa shape index (κ1) is 20.6. The van der Waals surface area contributed by atoms with Gasteiger partial charge in [0, 0.05) is 22.4 Å². The quantitative estimate of drug-likeness (QED) is 0.431. The molecule has 0 radical (unpaired) electrons. The normalized spacial score (nSPS) is 10.6. The number of phenolic OH excluding ortho intramolecular Hbond substituents is 1. The van der Waals surface area contributed by atoms with Crippen LogP contribution in [0, 0.1) is 6.92 Å². The largest absolute Gasteiger partial charge is 0.507 e. The second-order valence-electron chi connectivity index (χ2n) is 6.47. The van der Waals surface area contributed by atoms with Crippen molar-refractivity contribution in [1.82, 2.24) is 5.43 Å². The van der Waals surface area contributed by atoms with Gasteiger partial charge in [-0.25, -0.2) is 5.43 Å². The molecule has 0 saturated heterocycles. The number of anilines is 1. The van der Waals surface area contributed by atoms with E-state index < -0.39 is 5.91 Å². The smallest absolute Gasteiger partial charge is 0.271 e. The van der Waals surface area contributed by atoms with Gasteiger partial charge in [0.2, 0.25) is 0 Å². The molecule has 3 rings (SSSR count). The van der Waals surface area contributed by atoms with Gasteiger partial charge in [-0.3, -0.25) is 9.59 Å². The van der Waals surface area contributed by atoms with E-state index in [1.807, 2.05) is 19.1 Å². The minimum Gasteiger partial charge on any atom is -0.507 e. The summed E-state index contributed by atoms with van der Waals surface area (Å²) >= 11 is 0. The summed E-state index contributed by atoms with van der Waals surface area (Å²) < 4.78 is 5.10. The van der Waals surface area contributed by atoms with Crippen LogP contribution < -0.4 is 15.5 Å². The first-order valence-corrected chi connectivity index (χ1v) is 9.15. The molecule has 3 aromatic carbocycles. The van der Waals surface area contributed by atoms with Gasteiger partial charge >= 0.3 is 0 Å². The maximum absolute atomic E-state index is 12.5. The second-order valence-corrected chi connectivity index (χ2v) is 6.47. The molecule has 3 aromatic rings. The molecule has 0 heterocycles. The van der Waals surface area contributed by atoms with Crippen molar-refractivity contribution in [2.45, 2.75) is 6.92 Å². The summed E-state index contributed by atoms with van der Waals surface area (Å²) in [5, 5.41) is 16.5. The first-order chi connectivity index (χ1) is 14.5. The summed E-state index contributed by atoms with van der Waals surface area (Å²) in [5.41, 5.74) is 5.04. The standard InChI is InChI=1S/C23H21N3O4/c1-15-6-3-4-9-20(15)23(29)25-18-8-5-7-16(12-18)22(28)26-24-14-17-13-19(30-2)10-11-21(17)27/h3-14,27H,1-2H3,(H,25,29)(H,26,28)/b24-14+. The van der Waals surface area contributed by atoms with Crippen LogP contribution in [0.25, 0.3) is 0 Å². The lowest BCUT2D eigenvalue weighted by atomic mass is 10.1. The Balaban J connectivity index is 1.67. The van der Waals surface area contributed by atoms with Gasteiger partial charge in [-0.05, 0) is 55.0 Å².